The van der Waals surface area contributed by atoms with Gasteiger partial charge in [-0.15, -0.1) is 0 Å². The Hall–Kier alpha value is -0.930. The van der Waals surface area contributed by atoms with Crippen molar-refractivity contribution in [3.8, 4) is 0 Å². The topological polar surface area (TPSA) is 18.5 Å². The summed E-state index contributed by atoms with van der Waals surface area (Å²) in [7, 11) is 0. The predicted octanol–water partition coefficient (Wildman–Crippen LogP) is 2.64. The third kappa shape index (κ3) is 2.79. The van der Waals surface area contributed by atoms with E-state index in [1.807, 2.05) is 38.1 Å². The van der Waals surface area contributed by atoms with Gasteiger partial charge < -0.3 is 4.89 Å². The summed E-state index contributed by atoms with van der Waals surface area (Å²) < 4.78 is 0. The third-order valence-electron chi connectivity index (χ3n) is 1.62. The van der Waals surface area contributed by atoms with Gasteiger partial charge in [0, 0.05) is 5.56 Å². The average Bonchev–Trinajstić information content (AvgIpc) is 2.15. The molecule has 0 aromatic heterocycles. The van der Waals surface area contributed by atoms with E-state index in [-0.39, 0.29) is 0 Å². The van der Waals surface area contributed by atoms with E-state index in [0.717, 1.165) is 11.1 Å². The van der Waals surface area contributed by atoms with Crippen molar-refractivity contribution in [1.29, 1.82) is 0 Å². The van der Waals surface area contributed by atoms with Gasteiger partial charge in [0.1, 0.15) is 0 Å². The van der Waals surface area contributed by atoms with Gasteiger partial charge in [-0.1, -0.05) is 18.2 Å². The van der Waals surface area contributed by atoms with Gasteiger partial charge in [-0.3, -0.25) is 0 Å². The lowest BCUT2D eigenvalue weighted by Crippen LogP contribution is -2.05. The molecule has 0 atom stereocenters. The van der Waals surface area contributed by atoms with Crippen LogP contribution in [0.25, 0.3) is 0 Å². The van der Waals surface area contributed by atoms with Crippen molar-refractivity contribution >= 4 is 17.3 Å². The molecule has 0 aliphatic heterocycles. The molecule has 0 fully saturated rings. The lowest BCUT2D eigenvalue weighted by Gasteiger charge is -2.06. The minimum atomic E-state index is 0.389. The van der Waals surface area contributed by atoms with Crippen LogP contribution in [0.15, 0.2) is 24.3 Å². The SMILES string of the molecule is CCOOC(=S)c1ccccc1C. The summed E-state index contributed by atoms with van der Waals surface area (Å²) in [4.78, 5) is 9.65. The van der Waals surface area contributed by atoms with E-state index in [1.165, 1.54) is 0 Å². The van der Waals surface area contributed by atoms with Crippen LogP contribution in [0.5, 0.6) is 0 Å². The normalized spacial score (nSPS) is 9.69. The Morgan fingerprint density at radius 3 is 2.69 bits per heavy atom. The van der Waals surface area contributed by atoms with Gasteiger partial charge in [0.2, 0.25) is 5.05 Å². The molecule has 70 valence electrons. The molecule has 1 aromatic carbocycles. The van der Waals surface area contributed by atoms with E-state index < -0.39 is 0 Å². The molecule has 3 heteroatoms. The maximum absolute atomic E-state index is 5.03. The Labute approximate surface area is 83.4 Å². The number of rotatable bonds is 3. The average molecular weight is 196 g/mol. The van der Waals surface area contributed by atoms with Gasteiger partial charge >= 0.3 is 0 Å². The number of thiocarbonyl (C=S) groups is 1. The van der Waals surface area contributed by atoms with Gasteiger partial charge in [-0.2, -0.15) is 4.89 Å². The molecule has 0 bridgehead atoms. The fourth-order valence-corrected chi connectivity index (χ4v) is 1.24. The maximum Gasteiger partial charge on any atom is 0.236 e. The highest BCUT2D eigenvalue weighted by Crippen LogP contribution is 2.09. The molecule has 1 rings (SSSR count). The molecule has 13 heavy (non-hydrogen) atoms. The van der Waals surface area contributed by atoms with E-state index in [1.54, 1.807) is 0 Å². The number of hydrogen-bond donors (Lipinski definition) is 0. The summed E-state index contributed by atoms with van der Waals surface area (Å²) in [5, 5.41) is 0.389. The molecule has 0 N–H and O–H groups in total. The monoisotopic (exact) mass is 196 g/mol. The first-order valence-corrected chi connectivity index (χ1v) is 4.56. The lowest BCUT2D eigenvalue weighted by molar-refractivity contribution is -0.214. The largest absolute Gasteiger partial charge is 0.325 e. The molecule has 0 aliphatic carbocycles. The second kappa shape index (κ2) is 4.94. The molecule has 0 unspecified atom stereocenters. The molecule has 2 nitrogen and oxygen atoms in total. The zero-order valence-electron chi connectivity index (χ0n) is 7.74. The van der Waals surface area contributed by atoms with Crippen LogP contribution in [0.1, 0.15) is 18.1 Å². The van der Waals surface area contributed by atoms with Gasteiger partial charge in [0.15, 0.2) is 0 Å². The fourth-order valence-electron chi connectivity index (χ4n) is 0.959. The molecule has 0 heterocycles. The Balaban J connectivity index is 2.71. The lowest BCUT2D eigenvalue weighted by atomic mass is 10.1. The van der Waals surface area contributed by atoms with Gasteiger partial charge in [0.25, 0.3) is 0 Å². The summed E-state index contributed by atoms with van der Waals surface area (Å²) in [6, 6.07) is 7.78. The molecule has 0 spiro atoms. The Bertz CT molecular complexity index is 297. The number of benzene rings is 1. The molecular weight excluding hydrogens is 184 g/mol. The van der Waals surface area contributed by atoms with Crippen molar-refractivity contribution in [2.24, 2.45) is 0 Å². The van der Waals surface area contributed by atoms with Crippen LogP contribution >= 0.6 is 12.2 Å². The van der Waals surface area contributed by atoms with Crippen molar-refractivity contribution < 1.29 is 9.78 Å². The smallest absolute Gasteiger partial charge is 0.236 e. The minimum absolute atomic E-state index is 0.389. The molecular formula is C10H12O2S. The quantitative estimate of drug-likeness (QED) is 0.420. The zero-order valence-corrected chi connectivity index (χ0v) is 8.56. The predicted molar refractivity (Wildman–Crippen MR) is 55.6 cm³/mol. The van der Waals surface area contributed by atoms with Crippen LogP contribution < -0.4 is 0 Å². The molecule has 0 saturated heterocycles. The molecule has 1 aromatic rings. The molecule has 0 aliphatic rings. The van der Waals surface area contributed by atoms with Crippen LogP contribution in [-0.2, 0) is 9.78 Å². The van der Waals surface area contributed by atoms with Crippen LogP contribution in [0.3, 0.4) is 0 Å². The van der Waals surface area contributed by atoms with Gasteiger partial charge in [-0.25, -0.2) is 0 Å². The van der Waals surface area contributed by atoms with Gasteiger partial charge in [0.05, 0.1) is 6.61 Å². The van der Waals surface area contributed by atoms with Crippen LogP contribution in [0.2, 0.25) is 0 Å². The minimum Gasteiger partial charge on any atom is -0.325 e. The second-order valence-electron chi connectivity index (χ2n) is 2.59. The Morgan fingerprint density at radius 1 is 1.38 bits per heavy atom. The number of hydrogen-bond acceptors (Lipinski definition) is 3. The van der Waals surface area contributed by atoms with Crippen molar-refractivity contribution in [1.82, 2.24) is 0 Å². The van der Waals surface area contributed by atoms with E-state index in [2.05, 4.69) is 0 Å². The molecule has 0 radical (unpaired) electrons. The highest BCUT2D eigenvalue weighted by atomic mass is 32.1. The summed E-state index contributed by atoms with van der Waals surface area (Å²) >= 11 is 5.03. The van der Waals surface area contributed by atoms with Crippen molar-refractivity contribution in [2.75, 3.05) is 6.61 Å². The Morgan fingerprint density at radius 2 is 2.08 bits per heavy atom. The van der Waals surface area contributed by atoms with E-state index in [0.29, 0.717) is 11.7 Å². The summed E-state index contributed by atoms with van der Waals surface area (Å²) in [6.07, 6.45) is 0. The van der Waals surface area contributed by atoms with Crippen molar-refractivity contribution in [3.05, 3.63) is 35.4 Å². The van der Waals surface area contributed by atoms with Crippen molar-refractivity contribution in [2.45, 2.75) is 13.8 Å². The van der Waals surface area contributed by atoms with E-state index >= 15 is 0 Å². The van der Waals surface area contributed by atoms with E-state index in [9.17, 15) is 0 Å². The first kappa shape index (κ1) is 10.2. The summed E-state index contributed by atoms with van der Waals surface area (Å²) in [5.41, 5.74) is 2.00. The molecule has 0 amide bonds. The maximum atomic E-state index is 5.03. The fraction of sp³-hybridized carbons (Fsp3) is 0.300. The Kier molecular flexibility index (Phi) is 3.86. The van der Waals surface area contributed by atoms with E-state index in [4.69, 9.17) is 22.0 Å². The van der Waals surface area contributed by atoms with Crippen LogP contribution in [0, 0.1) is 6.92 Å². The zero-order chi connectivity index (χ0) is 9.68. The second-order valence-corrected chi connectivity index (χ2v) is 2.96. The van der Waals surface area contributed by atoms with Crippen LogP contribution in [0.4, 0.5) is 0 Å². The highest BCUT2D eigenvalue weighted by Gasteiger charge is 2.05. The van der Waals surface area contributed by atoms with Crippen LogP contribution in [-0.4, -0.2) is 11.7 Å². The number of aryl methyl sites for hydroxylation is 1. The molecule has 0 saturated carbocycles. The summed E-state index contributed by atoms with van der Waals surface area (Å²) in [5.74, 6) is 0. The van der Waals surface area contributed by atoms with Crippen molar-refractivity contribution in [3.63, 3.8) is 0 Å². The third-order valence-corrected chi connectivity index (χ3v) is 1.91. The first-order chi connectivity index (χ1) is 6.25. The summed E-state index contributed by atoms with van der Waals surface area (Å²) in [6.45, 7) is 4.32. The van der Waals surface area contributed by atoms with Gasteiger partial charge in [-0.05, 0) is 37.7 Å². The standard InChI is InChI=1S/C10H12O2S/c1-3-11-12-10(13)9-7-5-4-6-8(9)2/h4-7H,3H2,1-2H3. The first-order valence-electron chi connectivity index (χ1n) is 4.15. The highest BCUT2D eigenvalue weighted by molar-refractivity contribution is 7.80.